The Balaban J connectivity index is 1.95. The molecule has 0 bridgehead atoms. The third-order valence-electron chi connectivity index (χ3n) is 3.25. The quantitative estimate of drug-likeness (QED) is 0.311. The monoisotopic (exact) mass is 486 g/mol. The second-order valence-corrected chi connectivity index (χ2v) is 6.99. The summed E-state index contributed by atoms with van der Waals surface area (Å²) in [5.74, 6) is 0.981. The summed E-state index contributed by atoms with van der Waals surface area (Å²) in [5, 5.41) is 4.71. The highest BCUT2D eigenvalue weighted by Gasteiger charge is 2.11. The molecule has 0 unspecified atom stereocenters. The van der Waals surface area contributed by atoms with E-state index in [2.05, 4.69) is 33.0 Å². The Kier molecular flexibility index (Phi) is 8.63. The lowest BCUT2D eigenvalue weighted by Gasteiger charge is -2.12. The first kappa shape index (κ1) is 22.1. The van der Waals surface area contributed by atoms with Crippen LogP contribution in [0, 0.1) is 0 Å². The number of hydrazone groups is 1. The molecule has 0 atom stereocenters. The summed E-state index contributed by atoms with van der Waals surface area (Å²) in [7, 11) is 1.53. The summed E-state index contributed by atoms with van der Waals surface area (Å²) >= 11 is 15.2. The SMILES string of the molecule is C=CCOc1c(Br)cc(/C=N\NC(=O)COc2ccc(Cl)cc2Cl)cc1OC. The topological polar surface area (TPSA) is 69.2 Å². The maximum absolute atomic E-state index is 11.9. The van der Waals surface area contributed by atoms with Gasteiger partial charge in [-0.3, -0.25) is 4.79 Å². The maximum Gasteiger partial charge on any atom is 0.277 e. The first-order valence-corrected chi connectivity index (χ1v) is 9.50. The molecule has 0 fully saturated rings. The molecular weight excluding hydrogens is 471 g/mol. The minimum Gasteiger partial charge on any atom is -0.493 e. The standard InChI is InChI=1S/C19H17BrCl2N2O4/c1-3-6-27-19-14(20)7-12(8-17(19)26-2)10-23-24-18(25)11-28-16-5-4-13(21)9-15(16)22/h3-5,7-10H,1,6,11H2,2H3,(H,24,25)/b23-10-. The number of halogens is 3. The van der Waals surface area contributed by atoms with Crippen LogP contribution in [0.5, 0.6) is 17.2 Å². The Bertz CT molecular complexity index is 890. The number of benzene rings is 2. The van der Waals surface area contributed by atoms with Crippen molar-refractivity contribution in [1.82, 2.24) is 5.43 Å². The van der Waals surface area contributed by atoms with E-state index >= 15 is 0 Å². The van der Waals surface area contributed by atoms with Crippen LogP contribution in [0.1, 0.15) is 5.56 Å². The van der Waals surface area contributed by atoms with Crippen molar-refractivity contribution in [2.45, 2.75) is 0 Å². The Labute approximate surface area is 181 Å². The summed E-state index contributed by atoms with van der Waals surface area (Å²) < 4.78 is 16.9. The highest BCUT2D eigenvalue weighted by atomic mass is 79.9. The van der Waals surface area contributed by atoms with Crippen LogP contribution in [0.15, 0.2) is 52.6 Å². The molecule has 148 valence electrons. The largest absolute Gasteiger partial charge is 0.493 e. The van der Waals surface area contributed by atoms with E-state index in [1.165, 1.54) is 19.4 Å². The molecule has 28 heavy (non-hydrogen) atoms. The van der Waals surface area contributed by atoms with Gasteiger partial charge < -0.3 is 14.2 Å². The fourth-order valence-corrected chi connectivity index (χ4v) is 3.08. The van der Waals surface area contributed by atoms with Gasteiger partial charge in [0.2, 0.25) is 0 Å². The van der Waals surface area contributed by atoms with Gasteiger partial charge in [0.25, 0.3) is 5.91 Å². The summed E-state index contributed by atoms with van der Waals surface area (Å²) in [4.78, 5) is 11.9. The number of carbonyl (C=O) groups excluding carboxylic acids is 1. The fourth-order valence-electron chi connectivity index (χ4n) is 2.04. The average Bonchev–Trinajstić information content (AvgIpc) is 2.66. The third kappa shape index (κ3) is 6.44. The molecule has 1 N–H and O–H groups in total. The first-order chi connectivity index (χ1) is 13.4. The Morgan fingerprint density at radius 2 is 2.04 bits per heavy atom. The zero-order chi connectivity index (χ0) is 20.5. The van der Waals surface area contributed by atoms with Crippen LogP contribution in [0.2, 0.25) is 10.0 Å². The van der Waals surface area contributed by atoms with Crippen molar-refractivity contribution in [2.75, 3.05) is 20.3 Å². The summed E-state index contributed by atoms with van der Waals surface area (Å²) in [5.41, 5.74) is 3.07. The van der Waals surface area contributed by atoms with Gasteiger partial charge in [-0.1, -0.05) is 35.9 Å². The molecule has 9 heteroatoms. The summed E-state index contributed by atoms with van der Waals surface area (Å²) in [6.07, 6.45) is 3.10. The number of ether oxygens (including phenoxy) is 3. The second kappa shape index (κ2) is 10.9. The van der Waals surface area contributed by atoms with Crippen molar-refractivity contribution in [2.24, 2.45) is 5.10 Å². The molecule has 0 heterocycles. The van der Waals surface area contributed by atoms with Gasteiger partial charge in [0, 0.05) is 5.02 Å². The predicted molar refractivity (Wildman–Crippen MR) is 114 cm³/mol. The van der Waals surface area contributed by atoms with E-state index < -0.39 is 5.91 Å². The van der Waals surface area contributed by atoms with Crippen LogP contribution in [0.25, 0.3) is 0 Å². The number of amides is 1. The number of methoxy groups -OCH3 is 1. The lowest BCUT2D eigenvalue weighted by Crippen LogP contribution is -2.24. The molecule has 0 saturated heterocycles. The van der Waals surface area contributed by atoms with Gasteiger partial charge >= 0.3 is 0 Å². The molecule has 0 aliphatic heterocycles. The molecule has 1 amide bonds. The number of nitrogens with zero attached hydrogens (tertiary/aromatic N) is 1. The van der Waals surface area contributed by atoms with Crippen molar-refractivity contribution >= 4 is 51.3 Å². The number of hydrogen-bond donors (Lipinski definition) is 1. The number of carbonyl (C=O) groups is 1. The number of rotatable bonds is 9. The van der Waals surface area contributed by atoms with E-state index in [4.69, 9.17) is 37.4 Å². The third-order valence-corrected chi connectivity index (χ3v) is 4.37. The van der Waals surface area contributed by atoms with E-state index in [-0.39, 0.29) is 6.61 Å². The van der Waals surface area contributed by atoms with Crippen LogP contribution in [-0.2, 0) is 4.79 Å². The van der Waals surface area contributed by atoms with Crippen molar-refractivity contribution < 1.29 is 19.0 Å². The van der Waals surface area contributed by atoms with Crippen LogP contribution in [-0.4, -0.2) is 32.4 Å². The van der Waals surface area contributed by atoms with Gasteiger partial charge in [-0.05, 0) is 51.8 Å². The highest BCUT2D eigenvalue weighted by Crippen LogP contribution is 2.36. The lowest BCUT2D eigenvalue weighted by molar-refractivity contribution is -0.123. The minimum atomic E-state index is -0.445. The van der Waals surface area contributed by atoms with Crippen LogP contribution >= 0.6 is 39.1 Å². The molecule has 6 nitrogen and oxygen atoms in total. The molecule has 2 aromatic rings. The molecule has 2 rings (SSSR count). The van der Waals surface area contributed by atoms with Gasteiger partial charge in [-0.2, -0.15) is 5.10 Å². The zero-order valence-electron chi connectivity index (χ0n) is 14.9. The zero-order valence-corrected chi connectivity index (χ0v) is 18.0. The van der Waals surface area contributed by atoms with Crippen molar-refractivity contribution in [3.8, 4) is 17.2 Å². The van der Waals surface area contributed by atoms with E-state index in [0.717, 1.165) is 0 Å². The van der Waals surface area contributed by atoms with E-state index in [1.54, 1.807) is 30.3 Å². The Morgan fingerprint density at radius 3 is 2.71 bits per heavy atom. The van der Waals surface area contributed by atoms with Crippen LogP contribution < -0.4 is 19.6 Å². The van der Waals surface area contributed by atoms with Crippen molar-refractivity contribution in [3.63, 3.8) is 0 Å². The first-order valence-electron chi connectivity index (χ1n) is 7.95. The smallest absolute Gasteiger partial charge is 0.277 e. The van der Waals surface area contributed by atoms with Gasteiger partial charge in [-0.25, -0.2) is 5.43 Å². The van der Waals surface area contributed by atoms with Gasteiger partial charge in [0.15, 0.2) is 18.1 Å². The second-order valence-electron chi connectivity index (χ2n) is 5.29. The van der Waals surface area contributed by atoms with Gasteiger partial charge in [0.1, 0.15) is 12.4 Å². The van der Waals surface area contributed by atoms with Gasteiger partial charge in [0.05, 0.1) is 22.8 Å². The molecule has 0 aliphatic carbocycles. The molecule has 0 aliphatic rings. The molecule has 0 spiro atoms. The summed E-state index contributed by atoms with van der Waals surface area (Å²) in [6, 6.07) is 8.24. The van der Waals surface area contributed by atoms with Gasteiger partial charge in [-0.15, -0.1) is 0 Å². The maximum atomic E-state index is 11.9. The molecular formula is C19H17BrCl2N2O4. The van der Waals surface area contributed by atoms with Crippen LogP contribution in [0.3, 0.4) is 0 Å². The number of hydrogen-bond acceptors (Lipinski definition) is 5. The summed E-state index contributed by atoms with van der Waals surface area (Å²) in [6.45, 7) is 3.71. The van der Waals surface area contributed by atoms with Crippen LogP contribution in [0.4, 0.5) is 0 Å². The normalized spacial score (nSPS) is 10.6. The molecule has 0 radical (unpaired) electrons. The average molecular weight is 488 g/mol. The van der Waals surface area contributed by atoms with Crippen molar-refractivity contribution in [1.29, 1.82) is 0 Å². The Hall–Kier alpha value is -2.22. The van der Waals surface area contributed by atoms with E-state index in [9.17, 15) is 4.79 Å². The lowest BCUT2D eigenvalue weighted by atomic mass is 10.2. The van der Waals surface area contributed by atoms with E-state index in [0.29, 0.717) is 43.9 Å². The van der Waals surface area contributed by atoms with E-state index in [1.807, 2.05) is 0 Å². The molecule has 2 aromatic carbocycles. The highest BCUT2D eigenvalue weighted by molar-refractivity contribution is 9.10. The predicted octanol–water partition coefficient (Wildman–Crippen LogP) is 4.86. The Morgan fingerprint density at radius 1 is 1.25 bits per heavy atom. The molecule has 0 saturated carbocycles. The minimum absolute atomic E-state index is 0.250. The number of nitrogens with one attached hydrogen (secondary N) is 1. The molecule has 0 aromatic heterocycles. The van der Waals surface area contributed by atoms with Crippen molar-refractivity contribution in [3.05, 3.63) is 63.1 Å². The fraction of sp³-hybridized carbons (Fsp3) is 0.158.